The molecule has 0 saturated carbocycles. The van der Waals surface area contributed by atoms with E-state index in [2.05, 4.69) is 23.6 Å². The van der Waals surface area contributed by atoms with Crippen molar-refractivity contribution in [2.75, 3.05) is 29.2 Å². The van der Waals surface area contributed by atoms with Crippen LogP contribution in [0.15, 0.2) is 60.7 Å². The number of benzene rings is 3. The number of ether oxygens (including phenoxy) is 1. The van der Waals surface area contributed by atoms with E-state index in [9.17, 15) is 19.5 Å². The Kier molecular flexibility index (Phi) is 9.43. The van der Waals surface area contributed by atoms with Crippen LogP contribution < -0.4 is 20.3 Å². The van der Waals surface area contributed by atoms with Gasteiger partial charge >= 0.3 is 12.0 Å². The molecule has 40 heavy (non-hydrogen) atoms. The van der Waals surface area contributed by atoms with Gasteiger partial charge in [0.2, 0.25) is 5.91 Å². The van der Waals surface area contributed by atoms with Crippen LogP contribution in [-0.2, 0) is 22.4 Å². The summed E-state index contributed by atoms with van der Waals surface area (Å²) in [5.74, 6) is -0.374. The van der Waals surface area contributed by atoms with E-state index in [1.54, 1.807) is 17.0 Å². The zero-order valence-corrected chi connectivity index (χ0v) is 23.3. The maximum Gasteiger partial charge on any atom is 0.323 e. The molecule has 3 aromatic rings. The Balaban J connectivity index is 1.42. The monoisotopic (exact) mass is 543 g/mol. The number of nitrogens with one attached hydrogen (secondary N) is 2. The first-order valence-electron chi connectivity index (χ1n) is 13.7. The highest BCUT2D eigenvalue weighted by Crippen LogP contribution is 2.35. The summed E-state index contributed by atoms with van der Waals surface area (Å²) in [5.41, 5.74) is 5.95. The van der Waals surface area contributed by atoms with Crippen molar-refractivity contribution in [1.29, 1.82) is 0 Å². The van der Waals surface area contributed by atoms with Gasteiger partial charge in [-0.05, 0) is 72.2 Å². The standard InChI is InChI=1S/C32H37N3O5/c1-4-5-9-23(20-31(37)38)24-12-14-28-25(19-24)15-16-35(28)30(36)18-22-11-13-27(29(17-22)40-3)34-32(39)33-26-10-7-6-8-21(26)2/h6-8,10-14,17,19,23H,4-5,9,15-16,18,20H2,1-3H3,(H,37,38)(H2,33,34,39)/t23-/m0/s1. The molecule has 210 valence electrons. The number of carbonyl (C=O) groups excluding carboxylic acids is 2. The molecule has 0 spiro atoms. The summed E-state index contributed by atoms with van der Waals surface area (Å²) < 4.78 is 5.51. The number of carboxylic acids is 1. The number of nitrogens with zero attached hydrogens (tertiary/aromatic N) is 1. The van der Waals surface area contributed by atoms with Crippen LogP contribution in [0.3, 0.4) is 0 Å². The predicted molar refractivity (Wildman–Crippen MR) is 158 cm³/mol. The van der Waals surface area contributed by atoms with Crippen molar-refractivity contribution in [3.05, 3.63) is 82.9 Å². The smallest absolute Gasteiger partial charge is 0.323 e. The molecule has 1 aliphatic heterocycles. The molecule has 8 nitrogen and oxygen atoms in total. The zero-order valence-electron chi connectivity index (χ0n) is 23.3. The first-order chi connectivity index (χ1) is 19.3. The number of carbonyl (C=O) groups is 3. The summed E-state index contributed by atoms with van der Waals surface area (Å²) >= 11 is 0. The molecule has 1 aliphatic rings. The summed E-state index contributed by atoms with van der Waals surface area (Å²) in [7, 11) is 1.53. The minimum Gasteiger partial charge on any atom is -0.495 e. The molecule has 3 amide bonds. The van der Waals surface area contributed by atoms with Gasteiger partial charge in [0, 0.05) is 17.9 Å². The molecule has 1 heterocycles. The van der Waals surface area contributed by atoms with Gasteiger partial charge in [-0.1, -0.05) is 56.2 Å². The Morgan fingerprint density at radius 2 is 1.80 bits per heavy atom. The molecular formula is C32H37N3O5. The molecule has 0 radical (unpaired) electrons. The van der Waals surface area contributed by atoms with Gasteiger partial charge in [0.15, 0.2) is 0 Å². The minimum absolute atomic E-state index is 0.0223. The first-order valence-corrected chi connectivity index (χ1v) is 13.7. The van der Waals surface area contributed by atoms with E-state index in [1.165, 1.54) is 7.11 Å². The van der Waals surface area contributed by atoms with Gasteiger partial charge < -0.3 is 25.4 Å². The highest BCUT2D eigenvalue weighted by Gasteiger charge is 2.26. The second-order valence-electron chi connectivity index (χ2n) is 10.2. The Hall–Kier alpha value is -4.33. The Morgan fingerprint density at radius 1 is 1.02 bits per heavy atom. The van der Waals surface area contributed by atoms with Gasteiger partial charge in [-0.15, -0.1) is 0 Å². The number of aryl methyl sites for hydroxylation is 1. The van der Waals surface area contributed by atoms with Crippen molar-refractivity contribution in [3.63, 3.8) is 0 Å². The third-order valence-electron chi connectivity index (χ3n) is 7.36. The molecule has 0 fully saturated rings. The maximum absolute atomic E-state index is 13.3. The fourth-order valence-corrected chi connectivity index (χ4v) is 5.19. The summed E-state index contributed by atoms with van der Waals surface area (Å²) in [4.78, 5) is 39.1. The summed E-state index contributed by atoms with van der Waals surface area (Å²) in [5, 5.41) is 15.0. The number of amides is 3. The lowest BCUT2D eigenvalue weighted by Gasteiger charge is -2.20. The van der Waals surface area contributed by atoms with E-state index < -0.39 is 5.97 Å². The number of anilines is 3. The summed E-state index contributed by atoms with van der Waals surface area (Å²) in [6.45, 7) is 4.61. The van der Waals surface area contributed by atoms with E-state index in [-0.39, 0.29) is 30.7 Å². The Morgan fingerprint density at radius 3 is 2.52 bits per heavy atom. The SMILES string of the molecule is CCCC[C@@H](CC(=O)O)c1ccc2c(c1)CCN2C(=O)Cc1ccc(NC(=O)Nc2ccccc2C)c(OC)c1. The number of unbranched alkanes of at least 4 members (excludes halogenated alkanes) is 1. The van der Waals surface area contributed by atoms with Crippen molar-refractivity contribution in [2.45, 2.75) is 58.3 Å². The van der Waals surface area contributed by atoms with Gasteiger partial charge in [0.25, 0.3) is 0 Å². The fourth-order valence-electron chi connectivity index (χ4n) is 5.19. The molecule has 3 N–H and O–H groups in total. The molecule has 0 saturated heterocycles. The molecule has 8 heteroatoms. The summed E-state index contributed by atoms with van der Waals surface area (Å²) in [6.07, 6.45) is 3.88. The molecule has 1 atom stereocenters. The van der Waals surface area contributed by atoms with Crippen molar-refractivity contribution in [2.24, 2.45) is 0 Å². The number of rotatable bonds is 11. The first kappa shape index (κ1) is 28.7. The quantitative estimate of drug-likeness (QED) is 0.255. The van der Waals surface area contributed by atoms with Crippen molar-refractivity contribution >= 4 is 35.0 Å². The molecule has 0 aliphatic carbocycles. The third-order valence-corrected chi connectivity index (χ3v) is 7.36. The van der Waals surface area contributed by atoms with Crippen LogP contribution in [0.25, 0.3) is 0 Å². The van der Waals surface area contributed by atoms with Crippen LogP contribution >= 0.6 is 0 Å². The number of carboxylic acid groups (broad SMARTS) is 1. The minimum atomic E-state index is -0.790. The Bertz CT molecular complexity index is 1390. The van der Waals surface area contributed by atoms with Crippen LogP contribution in [-0.4, -0.2) is 36.7 Å². The number of urea groups is 1. The van der Waals surface area contributed by atoms with Crippen molar-refractivity contribution < 1.29 is 24.2 Å². The lowest BCUT2D eigenvalue weighted by atomic mass is 9.89. The average Bonchev–Trinajstić information content (AvgIpc) is 3.36. The van der Waals surface area contributed by atoms with E-state index in [0.29, 0.717) is 18.0 Å². The fraction of sp³-hybridized carbons (Fsp3) is 0.344. The van der Waals surface area contributed by atoms with Crippen molar-refractivity contribution in [1.82, 2.24) is 0 Å². The molecule has 0 unspecified atom stereocenters. The highest BCUT2D eigenvalue weighted by atomic mass is 16.5. The van der Waals surface area contributed by atoms with Crippen LogP contribution in [0.2, 0.25) is 0 Å². The van der Waals surface area contributed by atoms with Crippen LogP contribution in [0.1, 0.15) is 60.8 Å². The third kappa shape index (κ3) is 7.00. The van der Waals surface area contributed by atoms with Gasteiger partial charge in [0.1, 0.15) is 5.75 Å². The van der Waals surface area contributed by atoms with Gasteiger partial charge in [-0.2, -0.15) is 0 Å². The number of para-hydroxylation sites is 1. The van der Waals surface area contributed by atoms with Gasteiger partial charge in [-0.25, -0.2) is 4.79 Å². The normalized spacial score (nSPS) is 12.9. The topological polar surface area (TPSA) is 108 Å². The van der Waals surface area contributed by atoms with Gasteiger partial charge in [0.05, 0.1) is 25.6 Å². The molecular weight excluding hydrogens is 506 g/mol. The molecule has 0 aromatic heterocycles. The number of fused-ring (bicyclic) bond motifs is 1. The number of hydrogen-bond donors (Lipinski definition) is 3. The molecule has 0 bridgehead atoms. The number of hydrogen-bond acceptors (Lipinski definition) is 4. The van der Waals surface area contributed by atoms with E-state index in [1.807, 2.05) is 49.4 Å². The largest absolute Gasteiger partial charge is 0.495 e. The van der Waals surface area contributed by atoms with Gasteiger partial charge in [-0.3, -0.25) is 9.59 Å². The van der Waals surface area contributed by atoms with Crippen LogP contribution in [0.4, 0.5) is 21.9 Å². The van der Waals surface area contributed by atoms with Crippen molar-refractivity contribution in [3.8, 4) is 5.75 Å². The lowest BCUT2D eigenvalue weighted by Crippen LogP contribution is -2.30. The van der Waals surface area contributed by atoms with E-state index >= 15 is 0 Å². The second-order valence-corrected chi connectivity index (χ2v) is 10.2. The maximum atomic E-state index is 13.3. The van der Waals surface area contributed by atoms with E-state index in [4.69, 9.17) is 4.74 Å². The van der Waals surface area contributed by atoms with E-state index in [0.717, 1.165) is 59.3 Å². The Labute approximate surface area is 235 Å². The average molecular weight is 544 g/mol. The molecule has 4 rings (SSSR count). The zero-order chi connectivity index (χ0) is 28.6. The molecule has 3 aromatic carbocycles. The van der Waals surface area contributed by atoms with Crippen LogP contribution in [0.5, 0.6) is 5.75 Å². The lowest BCUT2D eigenvalue weighted by molar-refractivity contribution is -0.137. The predicted octanol–water partition coefficient (Wildman–Crippen LogP) is 6.53. The number of methoxy groups -OCH3 is 1. The number of aliphatic carboxylic acids is 1. The second kappa shape index (κ2) is 13.2. The highest BCUT2D eigenvalue weighted by molar-refractivity contribution is 6.01. The summed E-state index contributed by atoms with van der Waals surface area (Å²) in [6, 6.07) is 18.5. The van der Waals surface area contributed by atoms with Crippen LogP contribution in [0, 0.1) is 6.92 Å².